The molecule has 1 aliphatic carbocycles. The Bertz CT molecular complexity index is 401. The van der Waals surface area contributed by atoms with Gasteiger partial charge in [-0.15, -0.1) is 0 Å². The summed E-state index contributed by atoms with van der Waals surface area (Å²) in [5.74, 6) is 1.78. The van der Waals surface area contributed by atoms with Crippen molar-refractivity contribution in [3.05, 3.63) is 12.4 Å². The topological polar surface area (TPSA) is 44.3 Å². The predicted octanol–water partition coefficient (Wildman–Crippen LogP) is 2.22. The molecule has 5 heteroatoms. The third-order valence-electron chi connectivity index (χ3n) is 4.03. The van der Waals surface area contributed by atoms with Crippen molar-refractivity contribution < 1.29 is 0 Å². The minimum absolute atomic E-state index is 0.809. The second kappa shape index (κ2) is 7.43. The number of rotatable bonds is 7. The molecule has 0 aromatic carbocycles. The fourth-order valence-corrected chi connectivity index (χ4v) is 2.85. The molecule has 0 bridgehead atoms. The van der Waals surface area contributed by atoms with Crippen molar-refractivity contribution in [2.75, 3.05) is 44.4 Å². The molecular weight excluding hydrogens is 250 g/mol. The quantitative estimate of drug-likeness (QED) is 0.774. The van der Waals surface area contributed by atoms with Crippen LogP contribution < -0.4 is 10.2 Å². The first kappa shape index (κ1) is 15.0. The smallest absolute Gasteiger partial charge is 0.171 e. The van der Waals surface area contributed by atoms with Crippen LogP contribution >= 0.6 is 0 Å². The molecule has 1 fully saturated rings. The molecule has 0 atom stereocenters. The molecule has 1 saturated carbocycles. The normalized spacial score (nSPS) is 15.8. The van der Waals surface area contributed by atoms with Gasteiger partial charge in [-0.1, -0.05) is 12.8 Å². The standard InChI is InChI=1S/C15H27N5/c1-19(2)15-14(17-10-11-18-15)16-9-6-12-20(3)13-7-4-5-8-13/h10-11,13H,4-9,12H2,1-3H3,(H,16,17). The molecule has 5 nitrogen and oxygen atoms in total. The van der Waals surface area contributed by atoms with Crippen molar-refractivity contribution in [2.24, 2.45) is 0 Å². The summed E-state index contributed by atoms with van der Waals surface area (Å²) in [7, 11) is 6.23. The molecular formula is C15H27N5. The highest BCUT2D eigenvalue weighted by atomic mass is 15.2. The molecule has 1 heterocycles. The summed E-state index contributed by atoms with van der Waals surface area (Å²) in [4.78, 5) is 13.2. The number of nitrogens with zero attached hydrogens (tertiary/aromatic N) is 4. The zero-order valence-electron chi connectivity index (χ0n) is 13.0. The Balaban J connectivity index is 1.73. The van der Waals surface area contributed by atoms with Crippen LogP contribution in [0.1, 0.15) is 32.1 Å². The van der Waals surface area contributed by atoms with Gasteiger partial charge in [-0.2, -0.15) is 0 Å². The molecule has 112 valence electrons. The lowest BCUT2D eigenvalue weighted by Gasteiger charge is -2.24. The summed E-state index contributed by atoms with van der Waals surface area (Å²) in [6.07, 6.45) is 10.2. The van der Waals surface area contributed by atoms with E-state index >= 15 is 0 Å². The van der Waals surface area contributed by atoms with Gasteiger partial charge >= 0.3 is 0 Å². The molecule has 1 aromatic heterocycles. The number of hydrogen-bond donors (Lipinski definition) is 1. The zero-order valence-corrected chi connectivity index (χ0v) is 13.0. The van der Waals surface area contributed by atoms with Crippen LogP contribution in [0.5, 0.6) is 0 Å². The van der Waals surface area contributed by atoms with Crippen LogP contribution in [0.2, 0.25) is 0 Å². The lowest BCUT2D eigenvalue weighted by Crippen LogP contribution is -2.31. The van der Waals surface area contributed by atoms with E-state index in [9.17, 15) is 0 Å². The lowest BCUT2D eigenvalue weighted by atomic mass is 10.2. The Kier molecular flexibility index (Phi) is 5.59. The Morgan fingerprint density at radius 1 is 1.15 bits per heavy atom. The zero-order chi connectivity index (χ0) is 14.4. The van der Waals surface area contributed by atoms with Crippen molar-refractivity contribution in [3.8, 4) is 0 Å². The molecule has 20 heavy (non-hydrogen) atoms. The molecule has 0 aliphatic heterocycles. The largest absolute Gasteiger partial charge is 0.367 e. The highest BCUT2D eigenvalue weighted by molar-refractivity contribution is 5.59. The minimum Gasteiger partial charge on any atom is -0.367 e. The molecule has 0 unspecified atom stereocenters. The molecule has 0 amide bonds. The molecule has 1 aromatic rings. The third kappa shape index (κ3) is 4.07. The fourth-order valence-electron chi connectivity index (χ4n) is 2.85. The minimum atomic E-state index is 0.809. The summed E-state index contributed by atoms with van der Waals surface area (Å²) in [6.45, 7) is 2.09. The van der Waals surface area contributed by atoms with E-state index in [2.05, 4.69) is 27.2 Å². The molecule has 0 saturated heterocycles. The third-order valence-corrected chi connectivity index (χ3v) is 4.03. The summed E-state index contributed by atoms with van der Waals surface area (Å²) >= 11 is 0. The highest BCUT2D eigenvalue weighted by Crippen LogP contribution is 2.22. The summed E-state index contributed by atoms with van der Waals surface area (Å²) < 4.78 is 0. The number of nitrogens with one attached hydrogen (secondary N) is 1. The monoisotopic (exact) mass is 277 g/mol. The van der Waals surface area contributed by atoms with Crippen molar-refractivity contribution >= 4 is 11.6 Å². The van der Waals surface area contributed by atoms with Crippen molar-refractivity contribution in [2.45, 2.75) is 38.1 Å². The van der Waals surface area contributed by atoms with Gasteiger partial charge < -0.3 is 15.1 Å². The van der Waals surface area contributed by atoms with Crippen molar-refractivity contribution in [1.82, 2.24) is 14.9 Å². The van der Waals surface area contributed by atoms with E-state index in [0.29, 0.717) is 0 Å². The Morgan fingerprint density at radius 2 is 1.85 bits per heavy atom. The van der Waals surface area contributed by atoms with Gasteiger partial charge in [0.05, 0.1) is 0 Å². The van der Waals surface area contributed by atoms with Gasteiger partial charge in [0.25, 0.3) is 0 Å². The van der Waals surface area contributed by atoms with Gasteiger partial charge in [0.2, 0.25) is 0 Å². The number of aromatic nitrogens is 2. The molecule has 0 spiro atoms. The maximum atomic E-state index is 4.37. The summed E-state index contributed by atoms with van der Waals surface area (Å²) in [5.41, 5.74) is 0. The van der Waals surface area contributed by atoms with Crippen molar-refractivity contribution in [3.63, 3.8) is 0 Å². The maximum Gasteiger partial charge on any atom is 0.171 e. The first-order valence-electron chi connectivity index (χ1n) is 7.61. The summed E-state index contributed by atoms with van der Waals surface area (Å²) in [6, 6.07) is 0.809. The van der Waals surface area contributed by atoms with E-state index in [4.69, 9.17) is 0 Å². The molecule has 1 N–H and O–H groups in total. The first-order valence-corrected chi connectivity index (χ1v) is 7.61. The Hall–Kier alpha value is -1.36. The average molecular weight is 277 g/mol. The van der Waals surface area contributed by atoms with Crippen LogP contribution in [0.3, 0.4) is 0 Å². The second-order valence-electron chi connectivity index (χ2n) is 5.82. The van der Waals surface area contributed by atoms with E-state index in [1.807, 2.05) is 19.0 Å². The molecule has 1 aliphatic rings. The molecule has 0 radical (unpaired) electrons. The van der Waals surface area contributed by atoms with Gasteiger partial charge in [0.1, 0.15) is 0 Å². The van der Waals surface area contributed by atoms with Crippen LogP contribution in [0.4, 0.5) is 11.6 Å². The van der Waals surface area contributed by atoms with E-state index < -0.39 is 0 Å². The van der Waals surface area contributed by atoms with Crippen LogP contribution in [0.15, 0.2) is 12.4 Å². The molecule has 2 rings (SSSR count). The average Bonchev–Trinajstić information content (AvgIpc) is 2.98. The number of hydrogen-bond acceptors (Lipinski definition) is 5. The van der Waals surface area contributed by atoms with Crippen LogP contribution in [0, 0.1) is 0 Å². The lowest BCUT2D eigenvalue weighted by molar-refractivity contribution is 0.245. The SMILES string of the molecule is CN(C)c1nccnc1NCCCN(C)C1CCCC1. The van der Waals surface area contributed by atoms with Crippen LogP contribution in [0.25, 0.3) is 0 Å². The number of anilines is 2. The Labute approximate surface area is 122 Å². The van der Waals surface area contributed by atoms with Gasteiger partial charge in [-0.05, 0) is 32.9 Å². The predicted molar refractivity (Wildman–Crippen MR) is 84.4 cm³/mol. The van der Waals surface area contributed by atoms with E-state index in [1.54, 1.807) is 12.4 Å². The fraction of sp³-hybridized carbons (Fsp3) is 0.733. The van der Waals surface area contributed by atoms with Crippen LogP contribution in [-0.2, 0) is 0 Å². The summed E-state index contributed by atoms with van der Waals surface area (Å²) in [5, 5.41) is 3.40. The van der Waals surface area contributed by atoms with Gasteiger partial charge in [-0.25, -0.2) is 9.97 Å². The van der Waals surface area contributed by atoms with Crippen LogP contribution in [-0.4, -0.2) is 55.1 Å². The van der Waals surface area contributed by atoms with Gasteiger partial charge in [0, 0.05) is 39.1 Å². The van der Waals surface area contributed by atoms with Gasteiger partial charge in [-0.3, -0.25) is 0 Å². The van der Waals surface area contributed by atoms with Crippen molar-refractivity contribution in [1.29, 1.82) is 0 Å². The van der Waals surface area contributed by atoms with E-state index in [1.165, 1.54) is 25.7 Å². The van der Waals surface area contributed by atoms with E-state index in [0.717, 1.165) is 37.2 Å². The highest BCUT2D eigenvalue weighted by Gasteiger charge is 2.18. The second-order valence-corrected chi connectivity index (χ2v) is 5.82. The van der Waals surface area contributed by atoms with Gasteiger partial charge in [0.15, 0.2) is 11.6 Å². The maximum absolute atomic E-state index is 4.37. The van der Waals surface area contributed by atoms with E-state index in [-0.39, 0.29) is 0 Å². The Morgan fingerprint density at radius 3 is 2.55 bits per heavy atom. The first-order chi connectivity index (χ1) is 9.68.